The Bertz CT molecular complexity index is 730. The van der Waals surface area contributed by atoms with Gasteiger partial charge in [0, 0.05) is 22.9 Å². The molecule has 1 amide bonds. The van der Waals surface area contributed by atoms with Crippen LogP contribution in [0.1, 0.15) is 24.2 Å². The number of rotatable bonds is 6. The largest absolute Gasteiger partial charge is 0.434 e. The van der Waals surface area contributed by atoms with Crippen molar-refractivity contribution in [1.29, 1.82) is 0 Å². The van der Waals surface area contributed by atoms with E-state index >= 15 is 0 Å². The van der Waals surface area contributed by atoms with E-state index in [0.717, 1.165) is 0 Å². The van der Waals surface area contributed by atoms with Crippen LogP contribution in [0.5, 0.6) is 5.75 Å². The number of carbonyl (C=O) groups excluding carboxylic acids is 1. The summed E-state index contributed by atoms with van der Waals surface area (Å²) < 4.78 is 29.1. The Morgan fingerprint density at radius 3 is 2.54 bits per heavy atom. The number of hydrogen-bond acceptors (Lipinski definition) is 3. The van der Waals surface area contributed by atoms with Gasteiger partial charge < -0.3 is 15.2 Å². The van der Waals surface area contributed by atoms with Gasteiger partial charge in [-0.1, -0.05) is 36.4 Å². The van der Waals surface area contributed by atoms with Gasteiger partial charge in [0.25, 0.3) is 0 Å². The molecule has 0 aromatic heterocycles. The Morgan fingerprint density at radius 1 is 1.17 bits per heavy atom. The van der Waals surface area contributed by atoms with Crippen LogP contribution >= 0.6 is 0 Å². The third-order valence-corrected chi connectivity index (χ3v) is 3.22. The Morgan fingerprint density at radius 2 is 1.83 bits per heavy atom. The fraction of sp³-hybridized carbons (Fsp3) is 0.167. The molecule has 4 nitrogen and oxygen atoms in total. The lowest BCUT2D eigenvalue weighted by molar-refractivity contribution is -0.111. The van der Waals surface area contributed by atoms with Gasteiger partial charge in [0.05, 0.1) is 6.10 Å². The summed E-state index contributed by atoms with van der Waals surface area (Å²) in [6.45, 7) is -1.34. The molecule has 0 radical (unpaired) electrons. The average Bonchev–Trinajstić information content (AvgIpc) is 2.54. The minimum absolute atomic E-state index is 0.0130. The number of ether oxygens (including phenoxy) is 1. The smallest absolute Gasteiger partial charge is 0.387 e. The lowest BCUT2D eigenvalue weighted by Gasteiger charge is -2.11. The first-order valence-corrected chi connectivity index (χ1v) is 7.27. The quantitative estimate of drug-likeness (QED) is 0.786. The van der Waals surface area contributed by atoms with E-state index < -0.39 is 18.6 Å². The number of halogens is 2. The summed E-state index contributed by atoms with van der Waals surface area (Å²) in [4.78, 5) is 12.0. The molecule has 0 fully saturated rings. The van der Waals surface area contributed by atoms with E-state index in [4.69, 9.17) is 0 Å². The summed E-state index contributed by atoms with van der Waals surface area (Å²) in [5.41, 5.74) is 1.43. The first-order chi connectivity index (χ1) is 11.5. The van der Waals surface area contributed by atoms with Crippen molar-refractivity contribution < 1.29 is 23.4 Å². The van der Waals surface area contributed by atoms with Crippen molar-refractivity contribution in [3.63, 3.8) is 0 Å². The molecule has 6 heteroatoms. The van der Waals surface area contributed by atoms with E-state index in [1.54, 1.807) is 49.4 Å². The van der Waals surface area contributed by atoms with Gasteiger partial charge in [-0.15, -0.1) is 0 Å². The summed E-state index contributed by atoms with van der Waals surface area (Å²) in [5.74, 6) is -0.462. The Kier molecular flexibility index (Phi) is 6.03. The zero-order chi connectivity index (χ0) is 17.5. The second-order valence-electron chi connectivity index (χ2n) is 5.00. The van der Waals surface area contributed by atoms with Gasteiger partial charge >= 0.3 is 6.61 Å². The second kappa shape index (κ2) is 8.21. The van der Waals surface area contributed by atoms with E-state index in [2.05, 4.69) is 10.1 Å². The van der Waals surface area contributed by atoms with Gasteiger partial charge in [-0.25, -0.2) is 0 Å². The minimum Gasteiger partial charge on any atom is -0.434 e. The lowest BCUT2D eigenvalue weighted by atomic mass is 10.1. The number of para-hydroxylation sites is 2. The zero-order valence-electron chi connectivity index (χ0n) is 12.9. The van der Waals surface area contributed by atoms with Crippen LogP contribution in [0.4, 0.5) is 14.5 Å². The second-order valence-corrected chi connectivity index (χ2v) is 5.00. The predicted molar refractivity (Wildman–Crippen MR) is 87.8 cm³/mol. The number of hydrogen-bond donors (Lipinski definition) is 2. The number of aliphatic hydroxyl groups excluding tert-OH is 1. The zero-order valence-corrected chi connectivity index (χ0v) is 12.9. The fourth-order valence-electron chi connectivity index (χ4n) is 2.14. The average molecular weight is 333 g/mol. The molecule has 1 unspecified atom stereocenters. The van der Waals surface area contributed by atoms with Crippen LogP contribution in [0.15, 0.2) is 54.6 Å². The fourth-order valence-corrected chi connectivity index (χ4v) is 2.14. The van der Waals surface area contributed by atoms with Gasteiger partial charge in [0.2, 0.25) is 5.91 Å². The first kappa shape index (κ1) is 17.6. The molecule has 126 valence electrons. The highest BCUT2D eigenvalue weighted by Gasteiger charge is 2.10. The standard InChI is InChI=1S/C18H17F2NO3/c1-12(22)14-7-3-4-8-15(14)21-17(23)11-10-13-6-2-5-9-16(13)24-18(19)20/h2-12,18,22H,1H3,(H,21,23)/b11-10+. The lowest BCUT2D eigenvalue weighted by Crippen LogP contribution is -2.10. The van der Waals surface area contributed by atoms with Crippen molar-refractivity contribution in [2.45, 2.75) is 19.6 Å². The van der Waals surface area contributed by atoms with E-state index in [-0.39, 0.29) is 5.75 Å². The molecule has 0 heterocycles. The normalized spacial score (nSPS) is 12.4. The molecule has 0 aliphatic rings. The Hall–Kier alpha value is -2.73. The molecule has 2 aromatic rings. The highest BCUT2D eigenvalue weighted by molar-refractivity contribution is 6.02. The van der Waals surface area contributed by atoms with Gasteiger partial charge in [0.15, 0.2) is 0 Å². The van der Waals surface area contributed by atoms with Crippen LogP contribution in [-0.2, 0) is 4.79 Å². The molecule has 2 aromatic carbocycles. The molecule has 0 aliphatic heterocycles. The maximum atomic E-state index is 12.4. The number of carbonyl (C=O) groups is 1. The third kappa shape index (κ3) is 4.89. The first-order valence-electron chi connectivity index (χ1n) is 7.27. The van der Waals surface area contributed by atoms with Gasteiger partial charge in [-0.05, 0) is 25.1 Å². The van der Waals surface area contributed by atoms with Crippen LogP contribution in [0, 0.1) is 0 Å². The molecule has 0 bridgehead atoms. The monoisotopic (exact) mass is 333 g/mol. The number of alkyl halides is 2. The van der Waals surface area contributed by atoms with E-state index in [0.29, 0.717) is 16.8 Å². The topological polar surface area (TPSA) is 58.6 Å². The Labute approximate surface area is 138 Å². The molecule has 0 saturated heterocycles. The maximum Gasteiger partial charge on any atom is 0.387 e. The molecule has 1 atom stereocenters. The van der Waals surface area contributed by atoms with Crippen LogP contribution < -0.4 is 10.1 Å². The van der Waals surface area contributed by atoms with Crippen LogP contribution in [0.3, 0.4) is 0 Å². The highest BCUT2D eigenvalue weighted by atomic mass is 19.3. The molecular weight excluding hydrogens is 316 g/mol. The summed E-state index contributed by atoms with van der Waals surface area (Å²) in [5, 5.41) is 12.3. The van der Waals surface area contributed by atoms with Gasteiger partial charge in [0.1, 0.15) is 5.75 Å². The van der Waals surface area contributed by atoms with Crippen LogP contribution in [0.25, 0.3) is 6.08 Å². The van der Waals surface area contributed by atoms with Crippen molar-refractivity contribution in [2.75, 3.05) is 5.32 Å². The summed E-state index contributed by atoms with van der Waals surface area (Å²) in [7, 11) is 0. The molecule has 0 saturated carbocycles. The summed E-state index contributed by atoms with van der Waals surface area (Å²) in [6, 6.07) is 13.0. The summed E-state index contributed by atoms with van der Waals surface area (Å²) in [6.07, 6.45) is 1.87. The molecule has 24 heavy (non-hydrogen) atoms. The molecule has 0 aliphatic carbocycles. The minimum atomic E-state index is -2.94. The van der Waals surface area contributed by atoms with Crippen LogP contribution in [-0.4, -0.2) is 17.6 Å². The van der Waals surface area contributed by atoms with Crippen molar-refractivity contribution in [2.24, 2.45) is 0 Å². The molecular formula is C18H17F2NO3. The third-order valence-electron chi connectivity index (χ3n) is 3.22. The van der Waals surface area contributed by atoms with Crippen molar-refractivity contribution in [3.8, 4) is 5.75 Å². The number of aliphatic hydroxyl groups is 1. The maximum absolute atomic E-state index is 12.4. The number of benzene rings is 2. The highest BCUT2D eigenvalue weighted by Crippen LogP contribution is 2.23. The predicted octanol–water partition coefficient (Wildman–Crippen LogP) is 3.99. The molecule has 0 spiro atoms. The number of nitrogens with one attached hydrogen (secondary N) is 1. The number of anilines is 1. The summed E-state index contributed by atoms with van der Waals surface area (Å²) >= 11 is 0. The molecule has 2 N–H and O–H groups in total. The molecule has 2 rings (SSSR count). The van der Waals surface area contributed by atoms with E-state index in [1.165, 1.54) is 18.2 Å². The van der Waals surface area contributed by atoms with E-state index in [1.807, 2.05) is 0 Å². The van der Waals surface area contributed by atoms with Gasteiger partial charge in [-0.3, -0.25) is 4.79 Å². The van der Waals surface area contributed by atoms with E-state index in [9.17, 15) is 18.7 Å². The van der Waals surface area contributed by atoms with Crippen LogP contribution in [0.2, 0.25) is 0 Å². The van der Waals surface area contributed by atoms with Gasteiger partial charge in [-0.2, -0.15) is 8.78 Å². The Balaban J connectivity index is 2.12. The SMILES string of the molecule is CC(O)c1ccccc1NC(=O)/C=C/c1ccccc1OC(F)F. The van der Waals surface area contributed by atoms with Crippen molar-refractivity contribution in [3.05, 3.63) is 65.7 Å². The van der Waals surface area contributed by atoms with Crippen molar-refractivity contribution >= 4 is 17.7 Å². The van der Waals surface area contributed by atoms with Crippen molar-refractivity contribution in [1.82, 2.24) is 0 Å². The number of amides is 1.